The predicted molar refractivity (Wildman–Crippen MR) is 81.9 cm³/mol. The third-order valence-electron chi connectivity index (χ3n) is 3.26. The molecular weight excluding hydrogens is 363 g/mol. The fourth-order valence-electron chi connectivity index (χ4n) is 1.85. The van der Waals surface area contributed by atoms with Crippen LogP contribution in [0.25, 0.3) is 0 Å². The molecule has 0 spiro atoms. The van der Waals surface area contributed by atoms with Crippen molar-refractivity contribution >= 4 is 31.9 Å². The van der Waals surface area contributed by atoms with Gasteiger partial charge in [-0.05, 0) is 34.0 Å². The minimum atomic E-state index is -4.12. The number of sulfonamides is 1. The van der Waals surface area contributed by atoms with Gasteiger partial charge in [-0.1, -0.05) is 26.7 Å². The van der Waals surface area contributed by atoms with Crippen LogP contribution in [0.3, 0.4) is 0 Å². The van der Waals surface area contributed by atoms with E-state index in [0.717, 1.165) is 25.0 Å². The first-order valence-electron chi connectivity index (χ1n) is 6.50. The molecule has 0 heterocycles. The van der Waals surface area contributed by atoms with Crippen molar-refractivity contribution in [1.82, 2.24) is 5.32 Å². The summed E-state index contributed by atoms with van der Waals surface area (Å²) in [5.41, 5.74) is -0.0926. The highest BCUT2D eigenvalue weighted by atomic mass is 79.9. The van der Waals surface area contributed by atoms with E-state index in [1.807, 2.05) is 13.8 Å². The Kier molecular flexibility index (Phi) is 6.30. The summed E-state index contributed by atoms with van der Waals surface area (Å²) in [6.45, 7) is 4.47. The Bertz CT molecular complexity index is 631. The van der Waals surface area contributed by atoms with Crippen molar-refractivity contribution in [3.63, 3.8) is 0 Å². The van der Waals surface area contributed by atoms with E-state index in [9.17, 15) is 17.6 Å². The van der Waals surface area contributed by atoms with Crippen molar-refractivity contribution in [2.24, 2.45) is 11.1 Å². The lowest BCUT2D eigenvalue weighted by atomic mass is 10.0. The van der Waals surface area contributed by atoms with Crippen LogP contribution in [0.15, 0.2) is 21.5 Å². The number of carbonyl (C=O) groups is 1. The predicted octanol–water partition coefficient (Wildman–Crippen LogP) is 2.40. The Hall–Kier alpha value is -0.990. The van der Waals surface area contributed by atoms with Gasteiger partial charge < -0.3 is 5.32 Å². The largest absolute Gasteiger partial charge is 0.352 e. The lowest BCUT2D eigenvalue weighted by Gasteiger charge is -2.14. The molecule has 8 heteroatoms. The standard InChI is InChI=1S/C13H18BrFN2O3S/c1-3-8(4-2)7-17-13(18)10-5-9(15)6-11(12(10)14)21(16,19)20/h5-6,8H,3-4,7H2,1-2H3,(H,17,18)(H2,16,19,20). The van der Waals surface area contributed by atoms with Crippen LogP contribution in [-0.2, 0) is 10.0 Å². The number of nitrogens with one attached hydrogen (secondary N) is 1. The highest BCUT2D eigenvalue weighted by Gasteiger charge is 2.21. The van der Waals surface area contributed by atoms with Crippen molar-refractivity contribution in [3.05, 3.63) is 28.0 Å². The van der Waals surface area contributed by atoms with Gasteiger partial charge in [-0.15, -0.1) is 0 Å². The maximum Gasteiger partial charge on any atom is 0.252 e. The van der Waals surface area contributed by atoms with Crippen molar-refractivity contribution in [2.45, 2.75) is 31.6 Å². The Morgan fingerprint density at radius 3 is 2.43 bits per heavy atom. The number of hydrogen-bond acceptors (Lipinski definition) is 3. The number of nitrogens with two attached hydrogens (primary N) is 1. The van der Waals surface area contributed by atoms with Crippen LogP contribution >= 0.6 is 15.9 Å². The zero-order valence-corrected chi connectivity index (χ0v) is 14.2. The van der Waals surface area contributed by atoms with E-state index in [4.69, 9.17) is 5.14 Å². The van der Waals surface area contributed by atoms with E-state index >= 15 is 0 Å². The highest BCUT2D eigenvalue weighted by molar-refractivity contribution is 9.10. The molecule has 0 saturated heterocycles. The molecule has 0 fully saturated rings. The minimum absolute atomic E-state index is 0.0338. The summed E-state index contributed by atoms with van der Waals surface area (Å²) in [5.74, 6) is -1.06. The van der Waals surface area contributed by atoms with E-state index in [-0.39, 0.29) is 10.0 Å². The van der Waals surface area contributed by atoms with Crippen molar-refractivity contribution in [3.8, 4) is 0 Å². The Morgan fingerprint density at radius 1 is 1.38 bits per heavy atom. The number of benzene rings is 1. The normalized spacial score (nSPS) is 11.7. The molecule has 0 aliphatic heterocycles. The first-order valence-corrected chi connectivity index (χ1v) is 8.84. The maximum atomic E-state index is 13.5. The van der Waals surface area contributed by atoms with Gasteiger partial charge in [0.1, 0.15) is 5.82 Å². The van der Waals surface area contributed by atoms with Gasteiger partial charge >= 0.3 is 0 Å². The summed E-state index contributed by atoms with van der Waals surface area (Å²) in [5, 5.41) is 7.68. The van der Waals surface area contributed by atoms with Gasteiger partial charge in [0.05, 0.1) is 14.9 Å². The van der Waals surface area contributed by atoms with Crippen LogP contribution < -0.4 is 10.5 Å². The van der Waals surface area contributed by atoms with Gasteiger partial charge in [0.15, 0.2) is 0 Å². The molecule has 0 unspecified atom stereocenters. The third-order valence-corrected chi connectivity index (χ3v) is 5.31. The third kappa shape index (κ3) is 4.76. The molecule has 1 aromatic carbocycles. The number of halogens is 2. The number of rotatable bonds is 6. The molecule has 0 aliphatic rings. The summed E-state index contributed by atoms with van der Waals surface area (Å²) < 4.78 is 36.3. The summed E-state index contributed by atoms with van der Waals surface area (Å²) >= 11 is 3.01. The highest BCUT2D eigenvalue weighted by Crippen LogP contribution is 2.26. The van der Waals surface area contributed by atoms with Gasteiger partial charge in [0.25, 0.3) is 5.91 Å². The smallest absolute Gasteiger partial charge is 0.252 e. The number of carbonyl (C=O) groups excluding carboxylic acids is 1. The van der Waals surface area contributed by atoms with E-state index in [1.54, 1.807) is 0 Å². The second-order valence-electron chi connectivity index (χ2n) is 4.70. The molecule has 1 aromatic rings. The van der Waals surface area contributed by atoms with Crippen LogP contribution in [-0.4, -0.2) is 20.9 Å². The molecule has 0 atom stereocenters. The Labute approximate surface area is 132 Å². The zero-order chi connectivity index (χ0) is 16.2. The quantitative estimate of drug-likeness (QED) is 0.793. The van der Waals surface area contributed by atoms with Crippen LogP contribution in [0, 0.1) is 11.7 Å². The first kappa shape index (κ1) is 18.1. The molecule has 118 valence electrons. The number of amides is 1. The average Bonchev–Trinajstić information content (AvgIpc) is 2.40. The number of hydrogen-bond donors (Lipinski definition) is 2. The molecule has 0 saturated carbocycles. The van der Waals surface area contributed by atoms with E-state index < -0.39 is 26.6 Å². The molecule has 3 N–H and O–H groups in total. The average molecular weight is 381 g/mol. The molecule has 1 rings (SSSR count). The molecule has 0 aromatic heterocycles. The van der Waals surface area contributed by atoms with Gasteiger partial charge in [0.2, 0.25) is 10.0 Å². The van der Waals surface area contributed by atoms with E-state index in [2.05, 4.69) is 21.2 Å². The second kappa shape index (κ2) is 7.33. The summed E-state index contributed by atoms with van der Waals surface area (Å²) in [7, 11) is -4.12. The fraction of sp³-hybridized carbons (Fsp3) is 0.462. The SMILES string of the molecule is CCC(CC)CNC(=O)c1cc(F)cc(S(N)(=O)=O)c1Br. The molecule has 0 radical (unpaired) electrons. The molecule has 1 amide bonds. The van der Waals surface area contributed by atoms with Crippen molar-refractivity contribution < 1.29 is 17.6 Å². The van der Waals surface area contributed by atoms with Crippen LogP contribution in [0.4, 0.5) is 4.39 Å². The first-order chi connectivity index (χ1) is 9.70. The van der Waals surface area contributed by atoms with Gasteiger partial charge in [-0.2, -0.15) is 0 Å². The summed E-state index contributed by atoms with van der Waals surface area (Å²) in [4.78, 5) is 11.6. The van der Waals surface area contributed by atoms with E-state index in [0.29, 0.717) is 12.5 Å². The number of primary sulfonamides is 1. The molecule has 21 heavy (non-hydrogen) atoms. The summed E-state index contributed by atoms with van der Waals surface area (Å²) in [6, 6.07) is 1.75. The van der Waals surface area contributed by atoms with Crippen molar-refractivity contribution in [2.75, 3.05) is 6.54 Å². The Balaban J connectivity index is 3.08. The monoisotopic (exact) mass is 380 g/mol. The van der Waals surface area contributed by atoms with Crippen LogP contribution in [0.5, 0.6) is 0 Å². The Morgan fingerprint density at radius 2 is 1.95 bits per heavy atom. The molecule has 5 nitrogen and oxygen atoms in total. The lowest BCUT2D eigenvalue weighted by molar-refractivity contribution is 0.0945. The molecule has 0 bridgehead atoms. The molecular formula is C13H18BrFN2O3S. The fourth-order valence-corrected chi connectivity index (χ4v) is 3.57. The lowest BCUT2D eigenvalue weighted by Crippen LogP contribution is -2.29. The summed E-state index contributed by atoms with van der Waals surface area (Å²) in [6.07, 6.45) is 1.81. The van der Waals surface area contributed by atoms with Crippen LogP contribution in [0.2, 0.25) is 0 Å². The van der Waals surface area contributed by atoms with Crippen molar-refractivity contribution in [1.29, 1.82) is 0 Å². The minimum Gasteiger partial charge on any atom is -0.352 e. The maximum absolute atomic E-state index is 13.5. The van der Waals surface area contributed by atoms with Crippen LogP contribution in [0.1, 0.15) is 37.0 Å². The topological polar surface area (TPSA) is 89.3 Å². The van der Waals surface area contributed by atoms with Gasteiger partial charge in [0, 0.05) is 6.54 Å². The van der Waals surface area contributed by atoms with Gasteiger partial charge in [-0.3, -0.25) is 4.79 Å². The second-order valence-corrected chi connectivity index (χ2v) is 7.03. The van der Waals surface area contributed by atoms with Gasteiger partial charge in [-0.25, -0.2) is 17.9 Å². The molecule has 0 aliphatic carbocycles. The zero-order valence-electron chi connectivity index (χ0n) is 11.8. The van der Waals surface area contributed by atoms with E-state index in [1.165, 1.54) is 0 Å².